The molecule has 350 valence electrons. The summed E-state index contributed by atoms with van der Waals surface area (Å²) in [7, 11) is 0. The van der Waals surface area contributed by atoms with E-state index in [1.807, 2.05) is 36.4 Å². The van der Waals surface area contributed by atoms with Gasteiger partial charge in [-0.2, -0.15) is 10.5 Å². The average molecular weight is 951 g/mol. The highest BCUT2D eigenvalue weighted by atomic mass is 16.3. The number of rotatable bonds is 6. The van der Waals surface area contributed by atoms with Crippen LogP contribution >= 0.6 is 0 Å². The van der Waals surface area contributed by atoms with Crippen molar-refractivity contribution in [2.75, 3.05) is 9.80 Å². The second-order valence-corrected chi connectivity index (χ2v) is 20.3. The number of hydrogen-bond acceptors (Lipinski definition) is 6. The van der Waals surface area contributed by atoms with Crippen LogP contribution < -0.4 is 9.80 Å². The molecule has 0 aliphatic heterocycles. The maximum atomic E-state index is 10.3. The molecule has 12 aromatic rings. The minimum Gasteiger partial charge on any atom is -0.454 e. The van der Waals surface area contributed by atoms with Gasteiger partial charge in [0, 0.05) is 49.7 Å². The van der Waals surface area contributed by atoms with Crippen LogP contribution in [0.5, 0.6) is 0 Å². The van der Waals surface area contributed by atoms with E-state index >= 15 is 0 Å². The summed E-state index contributed by atoms with van der Waals surface area (Å²) in [6.45, 7) is 8.87. The third-order valence-electron chi connectivity index (χ3n) is 16.0. The Kier molecular flexibility index (Phi) is 9.30. The average Bonchev–Trinajstić information content (AvgIpc) is 4.11. The van der Waals surface area contributed by atoms with Crippen LogP contribution in [-0.2, 0) is 10.8 Å². The number of furan rings is 2. The molecule has 2 aliphatic carbocycles. The molecule has 0 saturated carbocycles. The predicted molar refractivity (Wildman–Crippen MR) is 299 cm³/mol. The van der Waals surface area contributed by atoms with Crippen LogP contribution in [0.25, 0.3) is 55.0 Å². The van der Waals surface area contributed by atoms with Gasteiger partial charge in [-0.3, -0.25) is 0 Å². The fourth-order valence-corrected chi connectivity index (χ4v) is 12.7. The van der Waals surface area contributed by atoms with Crippen molar-refractivity contribution in [3.63, 3.8) is 0 Å². The van der Waals surface area contributed by atoms with Crippen molar-refractivity contribution in [2.24, 2.45) is 0 Å². The van der Waals surface area contributed by atoms with Gasteiger partial charge < -0.3 is 18.6 Å². The number of nitriles is 2. The summed E-state index contributed by atoms with van der Waals surface area (Å²) in [4.78, 5) is 4.48. The van der Waals surface area contributed by atoms with Crippen molar-refractivity contribution < 1.29 is 8.83 Å². The van der Waals surface area contributed by atoms with E-state index in [0.717, 1.165) is 100 Å². The topological polar surface area (TPSA) is 80.3 Å². The fraction of sp³-hybridized carbons (Fsp3) is 0.0882. The molecule has 2 aromatic heterocycles. The summed E-state index contributed by atoms with van der Waals surface area (Å²) in [5, 5.41) is 24.8. The Labute approximate surface area is 428 Å². The Morgan fingerprint density at radius 2 is 0.743 bits per heavy atom. The molecule has 0 radical (unpaired) electrons. The highest BCUT2D eigenvalue weighted by Gasteiger charge is 2.53. The minimum absolute atomic E-state index is 0.278. The van der Waals surface area contributed by atoms with Gasteiger partial charge in [-0.05, 0) is 142 Å². The van der Waals surface area contributed by atoms with Crippen LogP contribution in [0.1, 0.15) is 69.5 Å². The third-order valence-corrected chi connectivity index (χ3v) is 16.0. The summed E-state index contributed by atoms with van der Waals surface area (Å²) in [6, 6.07) is 77.6. The lowest BCUT2D eigenvalue weighted by Gasteiger charge is -2.46. The van der Waals surface area contributed by atoms with Gasteiger partial charge >= 0.3 is 0 Å². The summed E-state index contributed by atoms with van der Waals surface area (Å²) < 4.78 is 13.8. The van der Waals surface area contributed by atoms with Crippen LogP contribution in [0.4, 0.5) is 34.1 Å². The number of nitrogens with zero attached hydrogens (tertiary/aromatic N) is 4. The zero-order chi connectivity index (χ0) is 50.0. The predicted octanol–water partition coefficient (Wildman–Crippen LogP) is 17.8. The maximum Gasteiger partial charge on any atom is 0.159 e. The smallest absolute Gasteiger partial charge is 0.159 e. The maximum absolute atomic E-state index is 10.3. The Bertz CT molecular complexity index is 4160. The third kappa shape index (κ3) is 5.97. The van der Waals surface area contributed by atoms with Crippen molar-refractivity contribution in [3.05, 3.63) is 262 Å². The van der Waals surface area contributed by atoms with Gasteiger partial charge in [-0.1, -0.05) is 147 Å². The largest absolute Gasteiger partial charge is 0.454 e. The van der Waals surface area contributed by atoms with Gasteiger partial charge in [-0.25, -0.2) is 0 Å². The first-order chi connectivity index (χ1) is 36.2. The van der Waals surface area contributed by atoms with Crippen molar-refractivity contribution in [1.29, 1.82) is 10.5 Å². The van der Waals surface area contributed by atoms with Crippen LogP contribution in [0, 0.1) is 36.5 Å². The molecular weight excluding hydrogens is 905 g/mol. The van der Waals surface area contributed by atoms with Gasteiger partial charge in [0.25, 0.3) is 0 Å². The zero-order valence-corrected chi connectivity index (χ0v) is 41.2. The molecule has 0 amide bonds. The van der Waals surface area contributed by atoms with Crippen molar-refractivity contribution in [1.82, 2.24) is 0 Å². The Hall–Kier alpha value is -9.62. The molecule has 6 heteroatoms. The molecule has 0 fully saturated rings. The molecular formula is C68H46N4O2. The molecule has 14 rings (SSSR count). The molecule has 0 atom stereocenters. The van der Waals surface area contributed by atoms with E-state index in [4.69, 9.17) is 8.83 Å². The van der Waals surface area contributed by atoms with Crippen molar-refractivity contribution in [3.8, 4) is 23.3 Å². The minimum atomic E-state index is -0.686. The lowest BCUT2D eigenvalue weighted by molar-refractivity contribution is 0.563. The summed E-state index contributed by atoms with van der Waals surface area (Å²) in [5.41, 5.74) is 20.4. The lowest BCUT2D eigenvalue weighted by Crippen LogP contribution is -2.40. The zero-order valence-electron chi connectivity index (χ0n) is 41.2. The summed E-state index contributed by atoms with van der Waals surface area (Å²) >= 11 is 0. The van der Waals surface area contributed by atoms with Crippen LogP contribution in [0.2, 0.25) is 0 Å². The first kappa shape index (κ1) is 43.2. The van der Waals surface area contributed by atoms with E-state index in [-0.39, 0.29) is 5.41 Å². The van der Waals surface area contributed by atoms with E-state index in [9.17, 15) is 10.5 Å². The number of benzene rings is 10. The molecule has 74 heavy (non-hydrogen) atoms. The fourth-order valence-electron chi connectivity index (χ4n) is 12.7. The molecule has 0 bridgehead atoms. The Morgan fingerprint density at radius 1 is 0.365 bits per heavy atom. The standard InChI is InChI=1S/C68H46N4O2/c1-41-15-9-21-49-51-23-13-29-61(65(51)73-63(41)49)71(45-19-11-17-43(35-45)39-69)47-31-33-55-53(37-47)54-38-48(32-34-56(54)68(55)59-27-7-5-25-57(59)67(3,4)58-26-6-8-28-60(58)68)72(46-20-12-18-44(36-46)40-70)62-30-14-24-52-50-22-10-16-42(2)64(50)74-66(52)62/h5-38H,1-4H3. The second kappa shape index (κ2) is 15.9. The second-order valence-electron chi connectivity index (χ2n) is 20.3. The van der Waals surface area contributed by atoms with E-state index in [1.54, 1.807) is 0 Å². The number of anilines is 6. The van der Waals surface area contributed by atoms with Gasteiger partial charge in [0.05, 0.1) is 40.1 Å². The Morgan fingerprint density at radius 3 is 1.18 bits per heavy atom. The van der Waals surface area contributed by atoms with Crippen molar-refractivity contribution in [2.45, 2.75) is 38.5 Å². The number of hydrogen-bond donors (Lipinski definition) is 0. The van der Waals surface area contributed by atoms with Crippen LogP contribution in [0.15, 0.2) is 215 Å². The molecule has 0 N–H and O–H groups in total. The molecule has 2 heterocycles. The van der Waals surface area contributed by atoms with E-state index in [2.05, 4.69) is 219 Å². The highest BCUT2D eigenvalue weighted by molar-refractivity contribution is 6.12. The first-order valence-electron chi connectivity index (χ1n) is 25.1. The molecule has 1 spiro atoms. The molecule has 10 aromatic carbocycles. The molecule has 0 saturated heterocycles. The SMILES string of the molecule is Cc1cccc2c1oc1c(N(c3cccc(C#N)c3)c3ccc4c(c3)-c3cc(N(c5cccc(C#N)c5)c5cccc6c5oc5c(C)cccc56)ccc3C43c4ccccc4C(C)(C)c4ccccc43)cccc12. The highest BCUT2D eigenvalue weighted by Crippen LogP contribution is 2.63. The number of fused-ring (bicyclic) bond motifs is 15. The molecule has 6 nitrogen and oxygen atoms in total. The van der Waals surface area contributed by atoms with Gasteiger partial charge in [0.1, 0.15) is 11.2 Å². The Balaban J connectivity index is 1.08. The van der Waals surface area contributed by atoms with Crippen LogP contribution in [0.3, 0.4) is 0 Å². The van der Waals surface area contributed by atoms with Gasteiger partial charge in [-0.15, -0.1) is 0 Å². The van der Waals surface area contributed by atoms with Gasteiger partial charge in [0.15, 0.2) is 11.2 Å². The quantitative estimate of drug-likeness (QED) is 0.165. The lowest BCUT2D eigenvalue weighted by atomic mass is 9.55. The van der Waals surface area contributed by atoms with Gasteiger partial charge in [0.2, 0.25) is 0 Å². The summed E-state index contributed by atoms with van der Waals surface area (Å²) in [5.74, 6) is 0. The first-order valence-corrected chi connectivity index (χ1v) is 25.1. The normalized spacial score (nSPS) is 13.6. The van der Waals surface area contributed by atoms with Crippen molar-refractivity contribution >= 4 is 78.0 Å². The number of aryl methyl sites for hydroxylation is 2. The van der Waals surface area contributed by atoms with Crippen LogP contribution in [-0.4, -0.2) is 0 Å². The van der Waals surface area contributed by atoms with E-state index < -0.39 is 5.41 Å². The monoisotopic (exact) mass is 950 g/mol. The molecule has 0 unspecified atom stereocenters. The van der Waals surface area contributed by atoms with E-state index in [0.29, 0.717) is 11.1 Å². The molecule has 2 aliphatic rings. The van der Waals surface area contributed by atoms with E-state index in [1.165, 1.54) is 33.4 Å². The number of para-hydroxylation sites is 4. The summed E-state index contributed by atoms with van der Waals surface area (Å²) in [6.07, 6.45) is 0.